The van der Waals surface area contributed by atoms with Gasteiger partial charge in [0, 0.05) is 16.9 Å². The molecule has 0 aromatic heterocycles. The average molecular weight is 312 g/mol. The maximum Gasteiger partial charge on any atom is 0.227 e. The molecular formula is C14H18BrNO2. The van der Waals surface area contributed by atoms with Gasteiger partial charge in [0.15, 0.2) is 0 Å². The highest BCUT2D eigenvalue weighted by molar-refractivity contribution is 9.09. The van der Waals surface area contributed by atoms with E-state index < -0.39 is 6.10 Å². The van der Waals surface area contributed by atoms with Gasteiger partial charge in [0.2, 0.25) is 5.91 Å². The maximum absolute atomic E-state index is 12.2. The second-order valence-electron chi connectivity index (χ2n) is 4.66. The minimum Gasteiger partial charge on any atom is -0.391 e. The van der Waals surface area contributed by atoms with Crippen molar-refractivity contribution in [3.63, 3.8) is 0 Å². The summed E-state index contributed by atoms with van der Waals surface area (Å²) in [5, 5.41) is 10.1. The monoisotopic (exact) mass is 311 g/mol. The van der Waals surface area contributed by atoms with E-state index in [0.717, 1.165) is 12.1 Å². The molecule has 0 radical (unpaired) electrons. The van der Waals surface area contributed by atoms with Crippen LogP contribution in [0.1, 0.15) is 26.2 Å². The number of carbonyl (C=O) groups is 1. The largest absolute Gasteiger partial charge is 0.391 e. The fourth-order valence-corrected chi connectivity index (χ4v) is 3.26. The van der Waals surface area contributed by atoms with E-state index >= 15 is 0 Å². The molecule has 0 bridgehead atoms. The van der Waals surface area contributed by atoms with Crippen LogP contribution in [-0.2, 0) is 4.79 Å². The fraction of sp³-hybridized carbons (Fsp3) is 0.500. The van der Waals surface area contributed by atoms with Crippen molar-refractivity contribution in [3.8, 4) is 0 Å². The molecule has 0 heterocycles. The second kappa shape index (κ2) is 5.85. The van der Waals surface area contributed by atoms with Crippen molar-refractivity contribution in [2.45, 2.75) is 43.2 Å². The van der Waals surface area contributed by atoms with Gasteiger partial charge in [-0.05, 0) is 25.0 Å². The van der Waals surface area contributed by atoms with Gasteiger partial charge >= 0.3 is 0 Å². The predicted molar refractivity (Wildman–Crippen MR) is 76.0 cm³/mol. The summed E-state index contributed by atoms with van der Waals surface area (Å²) in [6.45, 7) is 1.85. The van der Waals surface area contributed by atoms with Crippen molar-refractivity contribution >= 4 is 27.5 Å². The zero-order valence-corrected chi connectivity index (χ0v) is 12.0. The van der Waals surface area contributed by atoms with Gasteiger partial charge in [-0.25, -0.2) is 0 Å². The topological polar surface area (TPSA) is 40.5 Å². The number of hydrogen-bond donors (Lipinski definition) is 1. The molecule has 1 saturated carbocycles. The second-order valence-corrected chi connectivity index (χ2v) is 5.95. The van der Waals surface area contributed by atoms with E-state index in [4.69, 9.17) is 0 Å². The van der Waals surface area contributed by atoms with Crippen LogP contribution in [0.4, 0.5) is 5.69 Å². The number of carbonyl (C=O) groups excluding carboxylic acids is 1. The van der Waals surface area contributed by atoms with E-state index in [2.05, 4.69) is 15.9 Å². The summed E-state index contributed by atoms with van der Waals surface area (Å²) in [4.78, 5) is 14.2. The molecule has 3 unspecified atom stereocenters. The van der Waals surface area contributed by atoms with Crippen molar-refractivity contribution in [3.05, 3.63) is 30.3 Å². The lowest BCUT2D eigenvalue weighted by Gasteiger charge is -2.31. The molecule has 1 aliphatic carbocycles. The molecule has 1 aliphatic rings. The highest BCUT2D eigenvalue weighted by Crippen LogP contribution is 2.33. The minimum absolute atomic E-state index is 0.0619. The van der Waals surface area contributed by atoms with E-state index in [1.165, 1.54) is 0 Å². The summed E-state index contributed by atoms with van der Waals surface area (Å²) in [6.07, 6.45) is 1.49. The van der Waals surface area contributed by atoms with Crippen LogP contribution >= 0.6 is 15.9 Å². The zero-order chi connectivity index (χ0) is 13.1. The normalized spacial score (nSPS) is 27.2. The number of amides is 1. The molecule has 0 saturated heterocycles. The maximum atomic E-state index is 12.2. The third-order valence-corrected chi connectivity index (χ3v) is 4.12. The summed E-state index contributed by atoms with van der Waals surface area (Å²) in [5.74, 6) is 0.0619. The van der Waals surface area contributed by atoms with Crippen molar-refractivity contribution in [2.24, 2.45) is 0 Å². The Labute approximate surface area is 116 Å². The molecule has 3 nitrogen and oxygen atoms in total. The number of nitrogens with zero attached hydrogens (tertiary/aromatic N) is 1. The summed E-state index contributed by atoms with van der Waals surface area (Å²) < 4.78 is 0. The zero-order valence-electron chi connectivity index (χ0n) is 10.4. The van der Waals surface area contributed by atoms with Crippen LogP contribution in [0, 0.1) is 0 Å². The molecule has 1 fully saturated rings. The average Bonchev–Trinajstić information content (AvgIpc) is 2.70. The summed E-state index contributed by atoms with van der Waals surface area (Å²) in [7, 11) is 0. The Morgan fingerprint density at radius 1 is 1.39 bits per heavy atom. The smallest absolute Gasteiger partial charge is 0.227 e. The molecule has 18 heavy (non-hydrogen) atoms. The van der Waals surface area contributed by atoms with E-state index in [1.54, 1.807) is 4.90 Å². The van der Waals surface area contributed by atoms with Gasteiger partial charge in [-0.3, -0.25) is 4.79 Å². The summed E-state index contributed by atoms with van der Waals surface area (Å²) in [6, 6.07) is 9.47. The molecule has 1 aromatic carbocycles. The van der Waals surface area contributed by atoms with Crippen molar-refractivity contribution in [1.29, 1.82) is 0 Å². The molecule has 1 aromatic rings. The van der Waals surface area contributed by atoms with E-state index in [0.29, 0.717) is 12.8 Å². The SMILES string of the molecule is CCC(=O)N(c1ccccc1)C1CC(Br)CC1O. The van der Waals surface area contributed by atoms with Crippen molar-refractivity contribution in [2.75, 3.05) is 4.90 Å². The van der Waals surface area contributed by atoms with Crippen LogP contribution < -0.4 is 4.90 Å². The number of aliphatic hydroxyl groups is 1. The van der Waals surface area contributed by atoms with Gasteiger partial charge in [0.25, 0.3) is 0 Å². The molecule has 3 atom stereocenters. The number of para-hydroxylation sites is 1. The first-order chi connectivity index (χ1) is 8.63. The quantitative estimate of drug-likeness (QED) is 0.872. The van der Waals surface area contributed by atoms with E-state index in [-0.39, 0.29) is 16.8 Å². The van der Waals surface area contributed by atoms with Crippen LogP contribution in [0.25, 0.3) is 0 Å². The number of benzene rings is 1. The molecule has 2 rings (SSSR count). The standard InChI is InChI=1S/C14H18BrNO2/c1-2-14(18)16(11-6-4-3-5-7-11)12-8-10(15)9-13(12)17/h3-7,10,12-13,17H,2,8-9H2,1H3. The predicted octanol–water partition coefficient (Wildman–Crippen LogP) is 2.72. The van der Waals surface area contributed by atoms with Gasteiger partial charge in [-0.1, -0.05) is 41.1 Å². The fourth-order valence-electron chi connectivity index (χ4n) is 2.49. The molecular weight excluding hydrogens is 294 g/mol. The Morgan fingerprint density at radius 3 is 2.56 bits per heavy atom. The summed E-state index contributed by atoms with van der Waals surface area (Å²) in [5.41, 5.74) is 0.870. The first-order valence-electron chi connectivity index (χ1n) is 6.32. The Balaban J connectivity index is 2.29. The third kappa shape index (κ3) is 2.75. The van der Waals surface area contributed by atoms with Crippen LogP contribution in [0.15, 0.2) is 30.3 Å². The lowest BCUT2D eigenvalue weighted by atomic mass is 10.1. The highest BCUT2D eigenvalue weighted by Gasteiger charge is 2.38. The number of anilines is 1. The van der Waals surface area contributed by atoms with Crippen molar-refractivity contribution in [1.82, 2.24) is 0 Å². The number of halogens is 1. The molecule has 1 N–H and O–H groups in total. The lowest BCUT2D eigenvalue weighted by molar-refractivity contribution is -0.119. The van der Waals surface area contributed by atoms with Gasteiger partial charge in [-0.2, -0.15) is 0 Å². The first-order valence-corrected chi connectivity index (χ1v) is 7.24. The number of rotatable bonds is 3. The first kappa shape index (κ1) is 13.6. The Morgan fingerprint density at radius 2 is 2.06 bits per heavy atom. The molecule has 4 heteroatoms. The van der Waals surface area contributed by atoms with Gasteiger partial charge in [0.05, 0.1) is 12.1 Å². The van der Waals surface area contributed by atoms with Crippen LogP contribution in [-0.4, -0.2) is 28.0 Å². The molecule has 0 spiro atoms. The molecule has 0 aliphatic heterocycles. The molecule has 1 amide bonds. The number of alkyl halides is 1. The van der Waals surface area contributed by atoms with Gasteiger partial charge in [-0.15, -0.1) is 0 Å². The van der Waals surface area contributed by atoms with Gasteiger partial charge in [0.1, 0.15) is 0 Å². The molecule has 98 valence electrons. The van der Waals surface area contributed by atoms with Crippen LogP contribution in [0.2, 0.25) is 0 Å². The van der Waals surface area contributed by atoms with Crippen LogP contribution in [0.3, 0.4) is 0 Å². The van der Waals surface area contributed by atoms with Gasteiger partial charge < -0.3 is 10.0 Å². The van der Waals surface area contributed by atoms with E-state index in [1.807, 2.05) is 37.3 Å². The number of aliphatic hydroxyl groups excluding tert-OH is 1. The Bertz CT molecular complexity index is 410. The van der Waals surface area contributed by atoms with Crippen molar-refractivity contribution < 1.29 is 9.90 Å². The summed E-state index contributed by atoms with van der Waals surface area (Å²) >= 11 is 3.53. The van der Waals surface area contributed by atoms with E-state index in [9.17, 15) is 9.90 Å². The third-order valence-electron chi connectivity index (χ3n) is 3.38. The highest BCUT2D eigenvalue weighted by atomic mass is 79.9. The number of hydrogen-bond acceptors (Lipinski definition) is 2. The van der Waals surface area contributed by atoms with Crippen LogP contribution in [0.5, 0.6) is 0 Å². The minimum atomic E-state index is -0.454. The Kier molecular flexibility index (Phi) is 4.40. The lowest BCUT2D eigenvalue weighted by Crippen LogP contribution is -2.44. The Hall–Kier alpha value is -0.870.